The normalized spacial score (nSPS) is 22.0. The summed E-state index contributed by atoms with van der Waals surface area (Å²) in [5.41, 5.74) is 1.84. The van der Waals surface area contributed by atoms with Crippen molar-refractivity contribution in [3.8, 4) is 5.75 Å². The molecule has 1 aliphatic heterocycles. The molecule has 2 heteroatoms. The molecule has 23 heavy (non-hydrogen) atoms. The fraction of sp³-hybridized carbons (Fsp3) is 0.714. The van der Waals surface area contributed by atoms with Crippen LogP contribution < -0.4 is 4.74 Å². The van der Waals surface area contributed by atoms with Crippen LogP contribution in [0.4, 0.5) is 0 Å². The average molecular weight is 316 g/mol. The van der Waals surface area contributed by atoms with Crippen molar-refractivity contribution in [1.82, 2.24) is 4.90 Å². The summed E-state index contributed by atoms with van der Waals surface area (Å²) in [4.78, 5) is 2.81. The Hall–Kier alpha value is -1.02. The fourth-order valence-corrected chi connectivity index (χ4v) is 4.44. The molecule has 1 aromatic carbocycles. The van der Waals surface area contributed by atoms with Gasteiger partial charge in [0.25, 0.3) is 0 Å². The molecular weight excluding hydrogens is 282 g/mol. The minimum Gasteiger partial charge on any atom is -0.494 e. The maximum atomic E-state index is 5.85. The van der Waals surface area contributed by atoms with E-state index in [0.717, 1.165) is 18.8 Å². The largest absolute Gasteiger partial charge is 0.494 e. The molecule has 0 amide bonds. The van der Waals surface area contributed by atoms with E-state index in [1.54, 1.807) is 0 Å². The van der Waals surface area contributed by atoms with E-state index in [-0.39, 0.29) is 0 Å². The van der Waals surface area contributed by atoms with E-state index in [0.29, 0.717) is 5.54 Å². The van der Waals surface area contributed by atoms with E-state index in [1.165, 1.54) is 76.4 Å². The van der Waals surface area contributed by atoms with Crippen LogP contribution >= 0.6 is 0 Å². The summed E-state index contributed by atoms with van der Waals surface area (Å²) in [6, 6.07) is 9.10. The van der Waals surface area contributed by atoms with Crippen LogP contribution in [-0.2, 0) is 5.54 Å². The van der Waals surface area contributed by atoms with E-state index in [4.69, 9.17) is 4.74 Å². The maximum absolute atomic E-state index is 5.85. The Morgan fingerprint density at radius 3 is 2.22 bits per heavy atom. The Labute approximate surface area is 142 Å². The van der Waals surface area contributed by atoms with E-state index in [2.05, 4.69) is 36.1 Å². The molecule has 0 N–H and O–H groups in total. The highest BCUT2D eigenvalue weighted by atomic mass is 16.5. The summed E-state index contributed by atoms with van der Waals surface area (Å²) in [5, 5.41) is 0. The Bertz CT molecular complexity index is 455. The van der Waals surface area contributed by atoms with Gasteiger partial charge in [-0.05, 0) is 62.9 Å². The molecule has 1 saturated heterocycles. The Morgan fingerprint density at radius 2 is 1.57 bits per heavy atom. The SMILES string of the molecule is CCCCOc1ccc(C2(N3CCCCC3)CCCCC2)cc1. The molecular formula is C21H33NO. The zero-order valence-electron chi connectivity index (χ0n) is 14.9. The number of likely N-dealkylation sites (tertiary alicyclic amines) is 1. The van der Waals surface area contributed by atoms with Crippen LogP contribution in [0.25, 0.3) is 0 Å². The Kier molecular flexibility index (Phi) is 5.99. The van der Waals surface area contributed by atoms with Crippen LogP contribution in [0.1, 0.15) is 76.7 Å². The van der Waals surface area contributed by atoms with Gasteiger partial charge in [0, 0.05) is 5.54 Å². The van der Waals surface area contributed by atoms with Gasteiger partial charge in [0.05, 0.1) is 6.61 Å². The van der Waals surface area contributed by atoms with Crippen molar-refractivity contribution in [3.63, 3.8) is 0 Å². The zero-order valence-corrected chi connectivity index (χ0v) is 14.9. The molecule has 2 aliphatic rings. The third kappa shape index (κ3) is 3.91. The molecule has 2 fully saturated rings. The van der Waals surface area contributed by atoms with Crippen LogP contribution in [0.5, 0.6) is 5.75 Å². The third-order valence-corrected chi connectivity index (χ3v) is 5.80. The summed E-state index contributed by atoms with van der Waals surface area (Å²) < 4.78 is 5.85. The van der Waals surface area contributed by atoms with Crippen molar-refractivity contribution in [1.29, 1.82) is 0 Å². The number of hydrogen-bond donors (Lipinski definition) is 0. The minimum atomic E-state index is 0.306. The summed E-state index contributed by atoms with van der Waals surface area (Å²) in [5.74, 6) is 1.03. The van der Waals surface area contributed by atoms with Gasteiger partial charge >= 0.3 is 0 Å². The first kappa shape index (κ1) is 16.8. The van der Waals surface area contributed by atoms with Gasteiger partial charge in [-0.15, -0.1) is 0 Å². The molecule has 0 atom stereocenters. The van der Waals surface area contributed by atoms with E-state index in [9.17, 15) is 0 Å². The Balaban J connectivity index is 1.76. The zero-order chi connectivity index (χ0) is 16.0. The topological polar surface area (TPSA) is 12.5 Å². The van der Waals surface area contributed by atoms with Crippen molar-refractivity contribution >= 4 is 0 Å². The van der Waals surface area contributed by atoms with Crippen LogP contribution in [0.3, 0.4) is 0 Å². The number of benzene rings is 1. The van der Waals surface area contributed by atoms with Crippen LogP contribution in [-0.4, -0.2) is 24.6 Å². The number of nitrogens with zero attached hydrogens (tertiary/aromatic N) is 1. The second-order valence-corrected chi connectivity index (χ2v) is 7.37. The number of rotatable bonds is 6. The van der Waals surface area contributed by atoms with Crippen LogP contribution in [0, 0.1) is 0 Å². The predicted octanol–water partition coefficient (Wildman–Crippen LogP) is 5.51. The lowest BCUT2D eigenvalue weighted by atomic mass is 9.74. The van der Waals surface area contributed by atoms with Crippen molar-refractivity contribution in [2.45, 2.75) is 76.7 Å². The first-order chi connectivity index (χ1) is 11.3. The lowest BCUT2D eigenvalue weighted by Gasteiger charge is -2.48. The molecule has 1 aliphatic carbocycles. The quantitative estimate of drug-likeness (QED) is 0.642. The average Bonchev–Trinajstić information content (AvgIpc) is 2.64. The van der Waals surface area contributed by atoms with Crippen molar-refractivity contribution in [2.24, 2.45) is 0 Å². The second kappa shape index (κ2) is 8.19. The molecule has 1 aromatic rings. The van der Waals surface area contributed by atoms with Crippen molar-refractivity contribution in [3.05, 3.63) is 29.8 Å². The lowest BCUT2D eigenvalue weighted by molar-refractivity contribution is 0.0303. The van der Waals surface area contributed by atoms with Crippen molar-refractivity contribution in [2.75, 3.05) is 19.7 Å². The molecule has 0 bridgehead atoms. The van der Waals surface area contributed by atoms with Gasteiger partial charge in [-0.25, -0.2) is 0 Å². The van der Waals surface area contributed by atoms with Crippen LogP contribution in [0.2, 0.25) is 0 Å². The molecule has 128 valence electrons. The number of unbranched alkanes of at least 4 members (excludes halogenated alkanes) is 1. The minimum absolute atomic E-state index is 0.306. The van der Waals surface area contributed by atoms with Gasteiger partial charge in [-0.1, -0.05) is 51.2 Å². The first-order valence-corrected chi connectivity index (χ1v) is 9.83. The lowest BCUT2D eigenvalue weighted by Crippen LogP contribution is -2.49. The first-order valence-electron chi connectivity index (χ1n) is 9.83. The highest BCUT2D eigenvalue weighted by Crippen LogP contribution is 2.43. The Morgan fingerprint density at radius 1 is 0.913 bits per heavy atom. The second-order valence-electron chi connectivity index (χ2n) is 7.37. The van der Waals surface area contributed by atoms with Gasteiger partial charge in [0.1, 0.15) is 5.75 Å². The smallest absolute Gasteiger partial charge is 0.119 e. The number of piperidine rings is 1. The summed E-state index contributed by atoms with van der Waals surface area (Å²) in [6.45, 7) is 5.62. The predicted molar refractivity (Wildman–Crippen MR) is 97.0 cm³/mol. The molecule has 1 heterocycles. The molecule has 3 rings (SSSR count). The van der Waals surface area contributed by atoms with E-state index >= 15 is 0 Å². The van der Waals surface area contributed by atoms with Crippen LogP contribution in [0.15, 0.2) is 24.3 Å². The molecule has 0 unspecified atom stereocenters. The molecule has 0 radical (unpaired) electrons. The van der Waals surface area contributed by atoms with Crippen molar-refractivity contribution < 1.29 is 4.74 Å². The van der Waals surface area contributed by atoms with Gasteiger partial charge in [0.15, 0.2) is 0 Å². The standard InChI is InChI=1S/C21H33NO/c1-2-3-18-23-20-12-10-19(11-13-20)21(14-6-4-7-15-21)22-16-8-5-9-17-22/h10-13H,2-9,14-18H2,1H3. The van der Waals surface area contributed by atoms with E-state index < -0.39 is 0 Å². The van der Waals surface area contributed by atoms with E-state index in [1.807, 2.05) is 0 Å². The molecule has 1 saturated carbocycles. The maximum Gasteiger partial charge on any atom is 0.119 e. The highest BCUT2D eigenvalue weighted by Gasteiger charge is 2.39. The summed E-state index contributed by atoms with van der Waals surface area (Å²) in [7, 11) is 0. The third-order valence-electron chi connectivity index (χ3n) is 5.80. The molecule has 2 nitrogen and oxygen atoms in total. The van der Waals surface area contributed by atoms with Gasteiger partial charge < -0.3 is 4.74 Å². The van der Waals surface area contributed by atoms with Gasteiger partial charge in [0.2, 0.25) is 0 Å². The molecule has 0 aromatic heterocycles. The number of hydrogen-bond acceptors (Lipinski definition) is 2. The highest BCUT2D eigenvalue weighted by molar-refractivity contribution is 5.32. The summed E-state index contributed by atoms with van der Waals surface area (Å²) in [6.07, 6.45) is 13.3. The monoisotopic (exact) mass is 315 g/mol. The summed E-state index contributed by atoms with van der Waals surface area (Å²) >= 11 is 0. The van der Waals surface area contributed by atoms with Gasteiger partial charge in [-0.3, -0.25) is 4.90 Å². The molecule has 0 spiro atoms. The fourth-order valence-electron chi connectivity index (χ4n) is 4.44. The van der Waals surface area contributed by atoms with Gasteiger partial charge in [-0.2, -0.15) is 0 Å². The number of ether oxygens (including phenoxy) is 1.